The number of hydrogen-bond donors (Lipinski definition) is 0. The van der Waals surface area contributed by atoms with Gasteiger partial charge in [-0.2, -0.15) is 4.98 Å². The Kier molecular flexibility index (Phi) is 3.51. The lowest BCUT2D eigenvalue weighted by atomic mass is 10.1. The zero-order chi connectivity index (χ0) is 13.1. The topological polar surface area (TPSA) is 30.4 Å². The van der Waals surface area contributed by atoms with E-state index in [0.717, 1.165) is 17.0 Å². The standard InChI is InChI=1S/C13H12N2O.C2H6/c1-9-4-3-5-11(8-9)12-10(2)15-6-7-16-13(15)14-12;1-2/h3-8H,1-2H3;1-2H3. The van der Waals surface area contributed by atoms with E-state index in [-0.39, 0.29) is 0 Å². The van der Waals surface area contributed by atoms with Gasteiger partial charge in [0.25, 0.3) is 0 Å². The van der Waals surface area contributed by atoms with Crippen molar-refractivity contribution in [1.82, 2.24) is 9.38 Å². The van der Waals surface area contributed by atoms with Crippen LogP contribution in [-0.2, 0) is 0 Å². The summed E-state index contributed by atoms with van der Waals surface area (Å²) in [6, 6.07) is 8.33. The van der Waals surface area contributed by atoms with Crippen molar-refractivity contribution in [1.29, 1.82) is 0 Å². The van der Waals surface area contributed by atoms with Gasteiger partial charge < -0.3 is 4.42 Å². The molecule has 3 aromatic rings. The number of nitrogens with zero attached hydrogens (tertiary/aromatic N) is 2. The molecular weight excluding hydrogens is 224 g/mol. The minimum Gasteiger partial charge on any atom is -0.432 e. The van der Waals surface area contributed by atoms with Crippen LogP contribution in [-0.4, -0.2) is 9.38 Å². The second-order valence-corrected chi connectivity index (χ2v) is 3.97. The van der Waals surface area contributed by atoms with Crippen molar-refractivity contribution in [2.24, 2.45) is 0 Å². The van der Waals surface area contributed by atoms with Crippen LogP contribution in [0.15, 0.2) is 41.1 Å². The van der Waals surface area contributed by atoms with E-state index in [1.807, 2.05) is 37.4 Å². The Bertz CT molecular complexity index is 649. The van der Waals surface area contributed by atoms with Crippen molar-refractivity contribution in [3.63, 3.8) is 0 Å². The molecule has 3 heteroatoms. The number of hydrogen-bond acceptors (Lipinski definition) is 2. The maximum absolute atomic E-state index is 5.28. The van der Waals surface area contributed by atoms with Gasteiger partial charge in [-0.25, -0.2) is 0 Å². The molecule has 0 radical (unpaired) electrons. The number of benzene rings is 1. The predicted molar refractivity (Wildman–Crippen MR) is 73.7 cm³/mol. The summed E-state index contributed by atoms with van der Waals surface area (Å²) < 4.78 is 7.24. The van der Waals surface area contributed by atoms with E-state index in [4.69, 9.17) is 4.42 Å². The fourth-order valence-electron chi connectivity index (χ4n) is 1.96. The summed E-state index contributed by atoms with van der Waals surface area (Å²) in [6.45, 7) is 8.13. The molecule has 94 valence electrons. The first kappa shape index (κ1) is 12.4. The molecule has 3 rings (SSSR count). The van der Waals surface area contributed by atoms with Crippen LogP contribution >= 0.6 is 0 Å². The van der Waals surface area contributed by atoms with Gasteiger partial charge in [0.15, 0.2) is 0 Å². The second-order valence-electron chi connectivity index (χ2n) is 3.97. The molecule has 0 aliphatic carbocycles. The molecule has 0 aliphatic rings. The first-order valence-corrected chi connectivity index (χ1v) is 6.25. The Balaban J connectivity index is 0.000000574. The lowest BCUT2D eigenvalue weighted by molar-refractivity contribution is 0.596. The van der Waals surface area contributed by atoms with Crippen LogP contribution in [0.3, 0.4) is 0 Å². The lowest BCUT2D eigenvalue weighted by Gasteiger charge is -2.00. The van der Waals surface area contributed by atoms with Gasteiger partial charge in [0.05, 0.1) is 11.4 Å². The zero-order valence-electron chi connectivity index (χ0n) is 11.3. The molecule has 0 saturated heterocycles. The minimum atomic E-state index is 0.647. The summed E-state index contributed by atoms with van der Waals surface area (Å²) in [4.78, 5) is 4.48. The Morgan fingerprint density at radius 2 is 1.94 bits per heavy atom. The monoisotopic (exact) mass is 242 g/mol. The molecule has 0 fully saturated rings. The maximum atomic E-state index is 5.28. The van der Waals surface area contributed by atoms with Crippen LogP contribution in [0.2, 0.25) is 0 Å². The van der Waals surface area contributed by atoms with E-state index in [0.29, 0.717) is 5.84 Å². The van der Waals surface area contributed by atoms with E-state index in [1.165, 1.54) is 5.56 Å². The molecule has 0 N–H and O–H groups in total. The summed E-state index contributed by atoms with van der Waals surface area (Å²) in [5, 5.41) is 0. The van der Waals surface area contributed by atoms with Gasteiger partial charge in [-0.3, -0.25) is 4.40 Å². The van der Waals surface area contributed by atoms with Crippen LogP contribution < -0.4 is 0 Å². The van der Waals surface area contributed by atoms with Crippen LogP contribution in [0.25, 0.3) is 17.1 Å². The fraction of sp³-hybridized carbons (Fsp3) is 0.267. The minimum absolute atomic E-state index is 0.647. The molecule has 2 aromatic heterocycles. The molecule has 1 aromatic carbocycles. The summed E-state index contributed by atoms with van der Waals surface area (Å²) in [6.07, 6.45) is 3.53. The average Bonchev–Trinajstić information content (AvgIpc) is 2.95. The van der Waals surface area contributed by atoms with Gasteiger partial charge in [-0.15, -0.1) is 0 Å². The lowest BCUT2D eigenvalue weighted by Crippen LogP contribution is -1.84. The molecule has 0 spiro atoms. The van der Waals surface area contributed by atoms with Gasteiger partial charge in [-0.05, 0) is 19.9 Å². The summed E-state index contributed by atoms with van der Waals surface area (Å²) in [5.41, 5.74) is 4.47. The normalized spacial score (nSPS) is 10.2. The van der Waals surface area contributed by atoms with Gasteiger partial charge in [0.2, 0.25) is 0 Å². The fourth-order valence-corrected chi connectivity index (χ4v) is 1.96. The Labute approximate surface area is 107 Å². The number of rotatable bonds is 1. The molecule has 0 atom stereocenters. The van der Waals surface area contributed by atoms with Gasteiger partial charge >= 0.3 is 5.84 Å². The number of oxazole rings is 1. The highest BCUT2D eigenvalue weighted by Crippen LogP contribution is 2.24. The highest BCUT2D eigenvalue weighted by Gasteiger charge is 2.11. The van der Waals surface area contributed by atoms with Crippen LogP contribution in [0, 0.1) is 13.8 Å². The first-order valence-electron chi connectivity index (χ1n) is 6.25. The van der Waals surface area contributed by atoms with E-state index < -0.39 is 0 Å². The predicted octanol–water partition coefficient (Wildman–Crippen LogP) is 4.24. The molecule has 0 bridgehead atoms. The SMILES string of the molecule is CC.Cc1cccc(-c2nc3occn3c2C)c1. The van der Waals surface area contributed by atoms with Crippen LogP contribution in [0.4, 0.5) is 0 Å². The largest absolute Gasteiger partial charge is 0.432 e. The Morgan fingerprint density at radius 3 is 2.61 bits per heavy atom. The molecular formula is C15H18N2O. The van der Waals surface area contributed by atoms with Crippen molar-refractivity contribution in [3.8, 4) is 11.3 Å². The Morgan fingerprint density at radius 1 is 1.17 bits per heavy atom. The maximum Gasteiger partial charge on any atom is 0.306 e. The molecule has 3 nitrogen and oxygen atoms in total. The highest BCUT2D eigenvalue weighted by molar-refractivity contribution is 5.65. The average molecular weight is 242 g/mol. The third-order valence-corrected chi connectivity index (χ3v) is 2.79. The van der Waals surface area contributed by atoms with Gasteiger partial charge in [-0.1, -0.05) is 37.6 Å². The van der Waals surface area contributed by atoms with Crippen molar-refractivity contribution < 1.29 is 4.42 Å². The molecule has 0 aliphatic heterocycles. The van der Waals surface area contributed by atoms with E-state index in [2.05, 4.69) is 30.1 Å². The summed E-state index contributed by atoms with van der Waals surface area (Å²) in [5.74, 6) is 0.647. The summed E-state index contributed by atoms with van der Waals surface area (Å²) >= 11 is 0. The highest BCUT2D eigenvalue weighted by atomic mass is 16.3. The quantitative estimate of drug-likeness (QED) is 0.639. The van der Waals surface area contributed by atoms with Crippen molar-refractivity contribution in [3.05, 3.63) is 48.0 Å². The van der Waals surface area contributed by atoms with Crippen LogP contribution in [0.5, 0.6) is 0 Å². The second kappa shape index (κ2) is 5.08. The van der Waals surface area contributed by atoms with Crippen molar-refractivity contribution in [2.45, 2.75) is 27.7 Å². The summed E-state index contributed by atoms with van der Waals surface area (Å²) in [7, 11) is 0. The molecule has 0 unspecified atom stereocenters. The van der Waals surface area contributed by atoms with E-state index in [1.54, 1.807) is 6.26 Å². The third kappa shape index (κ3) is 2.04. The zero-order valence-corrected chi connectivity index (χ0v) is 11.3. The molecule has 2 heterocycles. The smallest absolute Gasteiger partial charge is 0.306 e. The first-order chi connectivity index (χ1) is 8.75. The van der Waals surface area contributed by atoms with E-state index in [9.17, 15) is 0 Å². The van der Waals surface area contributed by atoms with Gasteiger partial charge in [0.1, 0.15) is 6.26 Å². The van der Waals surface area contributed by atoms with Gasteiger partial charge in [0, 0.05) is 11.8 Å². The van der Waals surface area contributed by atoms with Crippen molar-refractivity contribution in [2.75, 3.05) is 0 Å². The number of aryl methyl sites for hydroxylation is 2. The number of imidazole rings is 1. The third-order valence-electron chi connectivity index (χ3n) is 2.79. The van der Waals surface area contributed by atoms with Crippen molar-refractivity contribution >= 4 is 5.84 Å². The molecule has 18 heavy (non-hydrogen) atoms. The molecule has 0 amide bonds. The van der Waals surface area contributed by atoms with E-state index >= 15 is 0 Å². The van der Waals surface area contributed by atoms with Crippen LogP contribution in [0.1, 0.15) is 25.1 Å². The number of aromatic nitrogens is 2. The molecule has 0 saturated carbocycles. The Hall–Kier alpha value is -2.03. The number of fused-ring (bicyclic) bond motifs is 1.